The monoisotopic (exact) mass is 298 g/mol. The van der Waals surface area contributed by atoms with Crippen molar-refractivity contribution >= 4 is 17.4 Å². The first kappa shape index (κ1) is 15.9. The molecule has 1 heterocycles. The van der Waals surface area contributed by atoms with Gasteiger partial charge in [-0.2, -0.15) is 0 Å². The highest BCUT2D eigenvalue weighted by Gasteiger charge is 2.11. The van der Waals surface area contributed by atoms with Gasteiger partial charge in [-0.25, -0.2) is 0 Å². The number of nitrogens with zero attached hydrogens (tertiary/aromatic N) is 2. The number of anilines is 2. The number of aryl methyl sites for hydroxylation is 2. The third-order valence-corrected chi connectivity index (χ3v) is 3.62. The van der Waals surface area contributed by atoms with Crippen LogP contribution in [-0.2, 0) is 0 Å². The van der Waals surface area contributed by atoms with Crippen LogP contribution in [0, 0.1) is 13.8 Å². The molecule has 0 saturated carbocycles. The smallest absolute Gasteiger partial charge is 0.272 e. The maximum atomic E-state index is 12.0. The summed E-state index contributed by atoms with van der Waals surface area (Å²) < 4.78 is 0. The van der Waals surface area contributed by atoms with E-state index in [0.717, 1.165) is 23.2 Å². The lowest BCUT2D eigenvalue weighted by atomic mass is 10.1. The second-order valence-corrected chi connectivity index (χ2v) is 5.48. The van der Waals surface area contributed by atoms with Crippen molar-refractivity contribution in [3.05, 3.63) is 47.2 Å². The molecule has 0 spiro atoms. The molecule has 2 rings (SSSR count). The van der Waals surface area contributed by atoms with E-state index >= 15 is 0 Å². The summed E-state index contributed by atoms with van der Waals surface area (Å²) in [6.45, 7) is 8.06. The van der Waals surface area contributed by atoms with Crippen molar-refractivity contribution < 1.29 is 4.79 Å². The van der Waals surface area contributed by atoms with Crippen molar-refractivity contribution in [1.29, 1.82) is 0 Å². The lowest BCUT2D eigenvalue weighted by molar-refractivity contribution is 0.0933. The zero-order valence-corrected chi connectivity index (χ0v) is 13.5. The number of hydrogen-bond donors (Lipinski definition) is 2. The summed E-state index contributed by atoms with van der Waals surface area (Å²) in [6.07, 6.45) is 0.880. The molecule has 1 aromatic heterocycles. The van der Waals surface area contributed by atoms with Gasteiger partial charge in [0, 0.05) is 11.7 Å². The Morgan fingerprint density at radius 3 is 2.36 bits per heavy atom. The SMILES string of the molecule is CCC(C)NC(=O)c1ccc(Nc2c(C)cccc2C)nn1. The van der Waals surface area contributed by atoms with E-state index < -0.39 is 0 Å². The molecule has 0 saturated heterocycles. The number of benzene rings is 1. The van der Waals surface area contributed by atoms with Crippen LogP contribution in [0.2, 0.25) is 0 Å². The van der Waals surface area contributed by atoms with Gasteiger partial charge in [0.15, 0.2) is 11.5 Å². The standard InChI is InChI=1S/C17H22N4O/c1-5-13(4)18-17(22)14-9-10-15(21-20-14)19-16-11(2)7-6-8-12(16)3/h6-10,13H,5H2,1-4H3,(H,18,22)(H,19,21). The zero-order valence-electron chi connectivity index (χ0n) is 13.5. The normalized spacial score (nSPS) is 11.8. The molecule has 0 aliphatic carbocycles. The third-order valence-electron chi connectivity index (χ3n) is 3.62. The Labute approximate surface area is 131 Å². The summed E-state index contributed by atoms with van der Waals surface area (Å²) in [5, 5.41) is 14.2. The van der Waals surface area contributed by atoms with Gasteiger partial charge in [0.25, 0.3) is 5.91 Å². The largest absolute Gasteiger partial charge is 0.348 e. The van der Waals surface area contributed by atoms with Crippen LogP contribution in [0.5, 0.6) is 0 Å². The van der Waals surface area contributed by atoms with Crippen molar-refractivity contribution in [3.8, 4) is 0 Å². The number of hydrogen-bond acceptors (Lipinski definition) is 4. The molecule has 2 N–H and O–H groups in total. The van der Waals surface area contributed by atoms with Crippen LogP contribution < -0.4 is 10.6 Å². The number of carbonyl (C=O) groups is 1. The first-order valence-corrected chi connectivity index (χ1v) is 7.49. The number of rotatable bonds is 5. The van der Waals surface area contributed by atoms with Crippen LogP contribution in [0.4, 0.5) is 11.5 Å². The van der Waals surface area contributed by atoms with E-state index in [4.69, 9.17) is 0 Å². The van der Waals surface area contributed by atoms with Crippen molar-refractivity contribution in [2.75, 3.05) is 5.32 Å². The van der Waals surface area contributed by atoms with E-state index in [1.165, 1.54) is 0 Å². The Morgan fingerprint density at radius 2 is 1.82 bits per heavy atom. The first-order valence-electron chi connectivity index (χ1n) is 7.49. The number of amides is 1. The maximum Gasteiger partial charge on any atom is 0.272 e. The van der Waals surface area contributed by atoms with Gasteiger partial charge < -0.3 is 10.6 Å². The van der Waals surface area contributed by atoms with Crippen LogP contribution >= 0.6 is 0 Å². The number of para-hydroxylation sites is 1. The second-order valence-electron chi connectivity index (χ2n) is 5.48. The van der Waals surface area contributed by atoms with Crippen LogP contribution in [0.3, 0.4) is 0 Å². The van der Waals surface area contributed by atoms with Crippen LogP contribution in [-0.4, -0.2) is 22.1 Å². The second kappa shape index (κ2) is 7.02. The summed E-state index contributed by atoms with van der Waals surface area (Å²) in [6, 6.07) is 9.67. The fourth-order valence-electron chi connectivity index (χ4n) is 2.06. The quantitative estimate of drug-likeness (QED) is 0.888. The van der Waals surface area contributed by atoms with Crippen molar-refractivity contribution in [2.45, 2.75) is 40.2 Å². The Hall–Kier alpha value is -2.43. The molecule has 0 fully saturated rings. The molecule has 0 aliphatic heterocycles. The lowest BCUT2D eigenvalue weighted by Crippen LogP contribution is -2.32. The average molecular weight is 298 g/mol. The molecule has 116 valence electrons. The third kappa shape index (κ3) is 3.81. The molecule has 1 atom stereocenters. The fraction of sp³-hybridized carbons (Fsp3) is 0.353. The minimum atomic E-state index is -0.194. The molecular formula is C17H22N4O. The van der Waals surface area contributed by atoms with Gasteiger partial charge in [-0.1, -0.05) is 25.1 Å². The van der Waals surface area contributed by atoms with Crippen LogP contribution in [0.1, 0.15) is 41.9 Å². The van der Waals surface area contributed by atoms with E-state index in [0.29, 0.717) is 11.5 Å². The highest BCUT2D eigenvalue weighted by atomic mass is 16.2. The molecule has 0 aliphatic rings. The van der Waals surface area contributed by atoms with Crippen molar-refractivity contribution in [2.24, 2.45) is 0 Å². The topological polar surface area (TPSA) is 66.9 Å². The number of aromatic nitrogens is 2. The molecule has 22 heavy (non-hydrogen) atoms. The Morgan fingerprint density at radius 1 is 1.14 bits per heavy atom. The Kier molecular flexibility index (Phi) is 5.09. The molecule has 0 bridgehead atoms. The highest BCUT2D eigenvalue weighted by molar-refractivity contribution is 5.92. The number of nitrogens with one attached hydrogen (secondary N) is 2. The Balaban J connectivity index is 2.11. The lowest BCUT2D eigenvalue weighted by Gasteiger charge is -2.12. The minimum Gasteiger partial charge on any atom is -0.348 e. The van der Waals surface area contributed by atoms with Crippen molar-refractivity contribution in [3.63, 3.8) is 0 Å². The summed E-state index contributed by atoms with van der Waals surface area (Å²) in [4.78, 5) is 12.0. The first-order chi connectivity index (χ1) is 10.5. The van der Waals surface area contributed by atoms with Gasteiger partial charge in [-0.3, -0.25) is 4.79 Å². The van der Waals surface area contributed by atoms with E-state index in [1.54, 1.807) is 12.1 Å². The molecule has 1 amide bonds. The van der Waals surface area contributed by atoms with Gasteiger partial charge in [0.2, 0.25) is 0 Å². The van der Waals surface area contributed by atoms with Gasteiger partial charge in [-0.15, -0.1) is 10.2 Å². The zero-order chi connectivity index (χ0) is 16.1. The van der Waals surface area contributed by atoms with E-state index in [-0.39, 0.29) is 11.9 Å². The van der Waals surface area contributed by atoms with Gasteiger partial charge in [0.05, 0.1) is 0 Å². The van der Waals surface area contributed by atoms with Crippen molar-refractivity contribution in [1.82, 2.24) is 15.5 Å². The highest BCUT2D eigenvalue weighted by Crippen LogP contribution is 2.22. The summed E-state index contributed by atoms with van der Waals surface area (Å²) in [5.74, 6) is 0.429. The van der Waals surface area contributed by atoms with Gasteiger partial charge >= 0.3 is 0 Å². The summed E-state index contributed by atoms with van der Waals surface area (Å²) >= 11 is 0. The molecular weight excluding hydrogens is 276 g/mol. The fourth-order valence-corrected chi connectivity index (χ4v) is 2.06. The van der Waals surface area contributed by atoms with E-state index in [2.05, 4.69) is 20.8 Å². The molecule has 2 aromatic rings. The molecule has 1 unspecified atom stereocenters. The molecule has 0 radical (unpaired) electrons. The predicted molar refractivity (Wildman–Crippen MR) is 88.4 cm³/mol. The maximum absolute atomic E-state index is 12.0. The van der Waals surface area contributed by atoms with E-state index in [1.807, 2.05) is 45.9 Å². The van der Waals surface area contributed by atoms with Crippen LogP contribution in [0.15, 0.2) is 30.3 Å². The average Bonchev–Trinajstić information content (AvgIpc) is 2.51. The number of carbonyl (C=O) groups excluding carboxylic acids is 1. The summed E-state index contributed by atoms with van der Waals surface area (Å²) in [7, 11) is 0. The van der Waals surface area contributed by atoms with Gasteiger partial charge in [0.1, 0.15) is 0 Å². The molecule has 5 nitrogen and oxygen atoms in total. The van der Waals surface area contributed by atoms with E-state index in [9.17, 15) is 4.79 Å². The molecule has 1 aromatic carbocycles. The predicted octanol–water partition coefficient (Wildman–Crippen LogP) is 3.37. The van der Waals surface area contributed by atoms with Gasteiger partial charge in [-0.05, 0) is 50.5 Å². The Bertz CT molecular complexity index is 632. The summed E-state index contributed by atoms with van der Waals surface area (Å²) in [5.41, 5.74) is 3.63. The molecule has 5 heteroatoms. The minimum absolute atomic E-state index is 0.127. The van der Waals surface area contributed by atoms with Crippen LogP contribution in [0.25, 0.3) is 0 Å².